The Kier molecular flexibility index (Phi) is 4.81. The Labute approximate surface area is 115 Å². The lowest BCUT2D eigenvalue weighted by Crippen LogP contribution is -2.50. The number of rotatable bonds is 6. The van der Waals surface area contributed by atoms with E-state index in [4.69, 9.17) is 9.47 Å². The van der Waals surface area contributed by atoms with Crippen LogP contribution in [0.4, 0.5) is 0 Å². The lowest BCUT2D eigenvalue weighted by molar-refractivity contribution is -0.132. The first-order valence-corrected chi connectivity index (χ1v) is 7.28. The first kappa shape index (κ1) is 14.8. The van der Waals surface area contributed by atoms with E-state index in [9.17, 15) is 4.79 Å². The number of amides is 1. The summed E-state index contributed by atoms with van der Waals surface area (Å²) < 4.78 is 10.9. The summed E-state index contributed by atoms with van der Waals surface area (Å²) in [7, 11) is 1.69. The molecule has 0 aromatic rings. The lowest BCUT2D eigenvalue weighted by Gasteiger charge is -2.31. The van der Waals surface area contributed by atoms with Crippen molar-refractivity contribution in [1.29, 1.82) is 0 Å². The standard InChI is InChI=1S/C14H26N2O3/c1-3-4-13(5-7-15-9-13)12(17)16-10-14(18-2)6-8-19-11-14/h15H,3-11H2,1-2H3,(H,16,17). The zero-order chi connectivity index (χ0) is 13.8. The molecule has 2 atom stereocenters. The highest BCUT2D eigenvalue weighted by atomic mass is 16.5. The fraction of sp³-hybridized carbons (Fsp3) is 0.929. The molecule has 2 aliphatic heterocycles. The van der Waals surface area contributed by atoms with Crippen molar-refractivity contribution in [3.05, 3.63) is 0 Å². The highest BCUT2D eigenvalue weighted by molar-refractivity contribution is 5.83. The normalized spacial score (nSPS) is 34.6. The van der Waals surface area contributed by atoms with Crippen molar-refractivity contribution in [1.82, 2.24) is 10.6 Å². The molecule has 0 aliphatic carbocycles. The second-order valence-corrected chi connectivity index (χ2v) is 5.83. The third kappa shape index (κ3) is 3.09. The maximum Gasteiger partial charge on any atom is 0.227 e. The van der Waals surface area contributed by atoms with Gasteiger partial charge < -0.3 is 20.1 Å². The van der Waals surface area contributed by atoms with Crippen molar-refractivity contribution >= 4 is 5.91 Å². The molecule has 2 unspecified atom stereocenters. The molecule has 110 valence electrons. The number of carbonyl (C=O) groups is 1. The van der Waals surface area contributed by atoms with Crippen molar-refractivity contribution in [2.24, 2.45) is 5.41 Å². The molecule has 0 aromatic carbocycles. The van der Waals surface area contributed by atoms with Crippen molar-refractivity contribution in [3.8, 4) is 0 Å². The quantitative estimate of drug-likeness (QED) is 0.745. The van der Waals surface area contributed by atoms with Gasteiger partial charge in [0.05, 0.1) is 12.0 Å². The third-order valence-electron chi connectivity index (χ3n) is 4.53. The third-order valence-corrected chi connectivity index (χ3v) is 4.53. The molecule has 1 amide bonds. The Morgan fingerprint density at radius 2 is 2.32 bits per heavy atom. The molecule has 5 nitrogen and oxygen atoms in total. The van der Waals surface area contributed by atoms with Gasteiger partial charge in [-0.25, -0.2) is 0 Å². The fourth-order valence-electron chi connectivity index (χ4n) is 3.13. The Bertz CT molecular complexity index is 308. The number of hydrogen-bond donors (Lipinski definition) is 2. The summed E-state index contributed by atoms with van der Waals surface area (Å²) in [5.74, 6) is 0.169. The Balaban J connectivity index is 1.92. The minimum atomic E-state index is -0.324. The Morgan fingerprint density at radius 3 is 2.84 bits per heavy atom. The van der Waals surface area contributed by atoms with Crippen LogP contribution in [-0.4, -0.2) is 51.5 Å². The molecule has 2 fully saturated rings. The van der Waals surface area contributed by atoms with E-state index < -0.39 is 0 Å². The van der Waals surface area contributed by atoms with E-state index in [0.717, 1.165) is 38.8 Å². The molecule has 2 N–H and O–H groups in total. The van der Waals surface area contributed by atoms with Gasteiger partial charge in [0, 0.05) is 33.2 Å². The van der Waals surface area contributed by atoms with Crippen molar-refractivity contribution < 1.29 is 14.3 Å². The van der Waals surface area contributed by atoms with E-state index in [0.29, 0.717) is 19.8 Å². The van der Waals surface area contributed by atoms with Crippen LogP contribution in [0.5, 0.6) is 0 Å². The van der Waals surface area contributed by atoms with Gasteiger partial charge in [0.25, 0.3) is 0 Å². The molecule has 0 aromatic heterocycles. The van der Waals surface area contributed by atoms with Gasteiger partial charge in [0.15, 0.2) is 0 Å². The minimum absolute atomic E-state index is 0.169. The van der Waals surface area contributed by atoms with Gasteiger partial charge in [-0.3, -0.25) is 4.79 Å². The lowest BCUT2D eigenvalue weighted by atomic mass is 9.81. The second kappa shape index (κ2) is 6.20. The number of nitrogens with one attached hydrogen (secondary N) is 2. The van der Waals surface area contributed by atoms with E-state index in [1.165, 1.54) is 0 Å². The largest absolute Gasteiger partial charge is 0.378 e. The van der Waals surface area contributed by atoms with Gasteiger partial charge in [0.1, 0.15) is 5.60 Å². The van der Waals surface area contributed by atoms with Crippen molar-refractivity contribution in [2.45, 2.75) is 38.2 Å². The molecule has 0 bridgehead atoms. The molecular weight excluding hydrogens is 244 g/mol. The predicted octanol–water partition coefficient (Wildman–Crippen LogP) is 0.688. The van der Waals surface area contributed by atoms with Gasteiger partial charge in [0.2, 0.25) is 5.91 Å². The zero-order valence-corrected chi connectivity index (χ0v) is 12.1. The molecule has 2 saturated heterocycles. The van der Waals surface area contributed by atoms with E-state index in [2.05, 4.69) is 17.6 Å². The topological polar surface area (TPSA) is 59.6 Å². The van der Waals surface area contributed by atoms with Crippen LogP contribution >= 0.6 is 0 Å². The Hall–Kier alpha value is -0.650. The van der Waals surface area contributed by atoms with Gasteiger partial charge in [-0.2, -0.15) is 0 Å². The maximum absolute atomic E-state index is 12.5. The van der Waals surface area contributed by atoms with E-state index in [1.54, 1.807) is 7.11 Å². The maximum atomic E-state index is 12.5. The van der Waals surface area contributed by atoms with Gasteiger partial charge in [-0.1, -0.05) is 13.3 Å². The second-order valence-electron chi connectivity index (χ2n) is 5.83. The molecule has 0 spiro atoms. The molecule has 2 aliphatic rings. The summed E-state index contributed by atoms with van der Waals surface area (Å²) >= 11 is 0. The predicted molar refractivity (Wildman–Crippen MR) is 73.0 cm³/mol. The monoisotopic (exact) mass is 270 g/mol. The van der Waals surface area contributed by atoms with Crippen LogP contribution in [0.1, 0.15) is 32.6 Å². The van der Waals surface area contributed by atoms with Crippen LogP contribution in [0.3, 0.4) is 0 Å². The number of hydrogen-bond acceptors (Lipinski definition) is 4. The van der Waals surface area contributed by atoms with E-state index in [1.807, 2.05) is 0 Å². The molecule has 2 heterocycles. The molecule has 5 heteroatoms. The first-order chi connectivity index (χ1) is 9.16. The molecule has 0 radical (unpaired) electrons. The van der Waals surface area contributed by atoms with Gasteiger partial charge in [-0.15, -0.1) is 0 Å². The average molecular weight is 270 g/mol. The van der Waals surface area contributed by atoms with E-state index >= 15 is 0 Å². The average Bonchev–Trinajstić information content (AvgIpc) is 3.07. The summed E-state index contributed by atoms with van der Waals surface area (Å²) in [5.41, 5.74) is -0.543. The van der Waals surface area contributed by atoms with E-state index in [-0.39, 0.29) is 16.9 Å². The molecule has 2 rings (SSSR count). The van der Waals surface area contributed by atoms with Crippen LogP contribution in [-0.2, 0) is 14.3 Å². The number of methoxy groups -OCH3 is 1. The first-order valence-electron chi connectivity index (χ1n) is 7.28. The zero-order valence-electron chi connectivity index (χ0n) is 12.1. The summed E-state index contributed by atoms with van der Waals surface area (Å²) in [6.07, 6.45) is 3.77. The van der Waals surface area contributed by atoms with Gasteiger partial charge in [-0.05, 0) is 19.4 Å². The summed E-state index contributed by atoms with van der Waals surface area (Å²) in [4.78, 5) is 12.5. The summed E-state index contributed by atoms with van der Waals surface area (Å²) in [6.45, 7) is 5.70. The molecular formula is C14H26N2O3. The summed E-state index contributed by atoms with van der Waals surface area (Å²) in [5, 5.41) is 6.41. The smallest absolute Gasteiger partial charge is 0.227 e. The highest BCUT2D eigenvalue weighted by Gasteiger charge is 2.42. The highest BCUT2D eigenvalue weighted by Crippen LogP contribution is 2.31. The number of carbonyl (C=O) groups excluding carboxylic acids is 1. The van der Waals surface area contributed by atoms with Crippen LogP contribution in [0.2, 0.25) is 0 Å². The Morgan fingerprint density at radius 1 is 1.47 bits per heavy atom. The SMILES string of the molecule is CCCC1(C(=O)NCC2(OC)CCOC2)CCNC1. The van der Waals surface area contributed by atoms with Crippen LogP contribution in [0.15, 0.2) is 0 Å². The minimum Gasteiger partial charge on any atom is -0.378 e. The molecule has 0 saturated carbocycles. The van der Waals surface area contributed by atoms with Crippen LogP contribution < -0.4 is 10.6 Å². The van der Waals surface area contributed by atoms with Gasteiger partial charge >= 0.3 is 0 Å². The molecule has 19 heavy (non-hydrogen) atoms. The van der Waals surface area contributed by atoms with Crippen molar-refractivity contribution in [3.63, 3.8) is 0 Å². The van der Waals surface area contributed by atoms with Crippen molar-refractivity contribution in [2.75, 3.05) is 40.0 Å². The fourth-order valence-corrected chi connectivity index (χ4v) is 3.13. The summed E-state index contributed by atoms with van der Waals surface area (Å²) in [6, 6.07) is 0. The number of ether oxygens (including phenoxy) is 2. The van der Waals surface area contributed by atoms with Crippen LogP contribution in [0, 0.1) is 5.41 Å². The van der Waals surface area contributed by atoms with Crippen LogP contribution in [0.25, 0.3) is 0 Å².